The molecule has 2 aromatic carbocycles. The number of amides is 1. The van der Waals surface area contributed by atoms with Gasteiger partial charge in [0.05, 0.1) is 23.5 Å². The molecule has 0 unspecified atom stereocenters. The van der Waals surface area contributed by atoms with E-state index in [1.54, 1.807) is 23.9 Å². The zero-order chi connectivity index (χ0) is 20.1. The van der Waals surface area contributed by atoms with Crippen LogP contribution in [0.4, 0.5) is 0 Å². The lowest BCUT2D eigenvalue weighted by Gasteiger charge is -2.10. The lowest BCUT2D eigenvalue weighted by molar-refractivity contribution is 0.0944. The summed E-state index contributed by atoms with van der Waals surface area (Å²) in [5, 5.41) is 8.17. The molecule has 0 aliphatic carbocycles. The molecule has 0 atom stereocenters. The molecule has 146 valence electrons. The van der Waals surface area contributed by atoms with Gasteiger partial charge in [-0.05, 0) is 42.7 Å². The summed E-state index contributed by atoms with van der Waals surface area (Å²) in [5.74, 6) is 1.07. The van der Waals surface area contributed by atoms with Gasteiger partial charge in [0.15, 0.2) is 0 Å². The van der Waals surface area contributed by atoms with Crippen molar-refractivity contribution in [3.63, 3.8) is 0 Å². The first-order chi connectivity index (χ1) is 13.5. The molecule has 5 nitrogen and oxygen atoms in total. The van der Waals surface area contributed by atoms with Gasteiger partial charge in [0.25, 0.3) is 5.91 Å². The highest BCUT2D eigenvalue weighted by molar-refractivity contribution is 6.32. The average molecular weight is 398 g/mol. The SMILES string of the molecule is COc1cccc(-c2cc(C(=O)NCCC(C)C)n(-c3ccccc3Cl)n2)c1. The van der Waals surface area contributed by atoms with Crippen LogP contribution in [0.25, 0.3) is 16.9 Å². The highest BCUT2D eigenvalue weighted by atomic mass is 35.5. The van der Waals surface area contributed by atoms with Crippen LogP contribution in [0, 0.1) is 5.92 Å². The Bertz CT molecular complexity index is 966. The number of methoxy groups -OCH3 is 1. The van der Waals surface area contributed by atoms with Crippen molar-refractivity contribution >= 4 is 17.5 Å². The van der Waals surface area contributed by atoms with Crippen molar-refractivity contribution < 1.29 is 9.53 Å². The quantitative estimate of drug-likeness (QED) is 0.611. The molecule has 0 bridgehead atoms. The van der Waals surface area contributed by atoms with Crippen molar-refractivity contribution in [3.05, 3.63) is 65.3 Å². The monoisotopic (exact) mass is 397 g/mol. The second-order valence-corrected chi connectivity index (χ2v) is 7.36. The molecule has 0 saturated heterocycles. The number of rotatable bonds is 7. The summed E-state index contributed by atoms with van der Waals surface area (Å²) in [6, 6.07) is 16.7. The van der Waals surface area contributed by atoms with E-state index < -0.39 is 0 Å². The molecule has 1 N–H and O–H groups in total. The minimum absolute atomic E-state index is 0.179. The number of benzene rings is 2. The van der Waals surface area contributed by atoms with Crippen molar-refractivity contribution in [2.75, 3.05) is 13.7 Å². The van der Waals surface area contributed by atoms with Crippen LogP contribution in [0.15, 0.2) is 54.6 Å². The summed E-state index contributed by atoms with van der Waals surface area (Å²) < 4.78 is 6.90. The molecule has 3 rings (SSSR count). The standard InChI is InChI=1S/C22H24ClN3O2/c1-15(2)11-12-24-22(27)21-14-19(16-7-6-8-17(13-16)28-3)25-26(21)20-10-5-4-9-18(20)23/h4-10,13-15H,11-12H2,1-3H3,(H,24,27). The highest BCUT2D eigenvalue weighted by Gasteiger charge is 2.19. The van der Waals surface area contributed by atoms with Gasteiger partial charge in [0.2, 0.25) is 0 Å². The van der Waals surface area contributed by atoms with Gasteiger partial charge in [0.1, 0.15) is 11.4 Å². The molecule has 0 aliphatic heterocycles. The van der Waals surface area contributed by atoms with E-state index in [-0.39, 0.29) is 5.91 Å². The van der Waals surface area contributed by atoms with Crippen LogP contribution in [-0.4, -0.2) is 29.3 Å². The smallest absolute Gasteiger partial charge is 0.270 e. The number of carbonyl (C=O) groups is 1. The maximum absolute atomic E-state index is 12.9. The van der Waals surface area contributed by atoms with Crippen LogP contribution < -0.4 is 10.1 Å². The molecule has 3 aromatic rings. The number of halogens is 1. The van der Waals surface area contributed by atoms with Crippen molar-refractivity contribution in [1.29, 1.82) is 0 Å². The van der Waals surface area contributed by atoms with Gasteiger partial charge in [-0.3, -0.25) is 4.79 Å². The van der Waals surface area contributed by atoms with E-state index in [2.05, 4.69) is 24.3 Å². The summed E-state index contributed by atoms with van der Waals surface area (Å²) in [6.07, 6.45) is 0.911. The molecule has 6 heteroatoms. The number of carbonyl (C=O) groups excluding carboxylic acids is 1. The molecule has 0 fully saturated rings. The van der Waals surface area contributed by atoms with E-state index in [1.165, 1.54) is 0 Å². The van der Waals surface area contributed by atoms with Crippen molar-refractivity contribution in [2.45, 2.75) is 20.3 Å². The molecule has 0 spiro atoms. The Balaban J connectivity index is 2.02. The number of hydrogen-bond acceptors (Lipinski definition) is 3. The van der Waals surface area contributed by atoms with Crippen LogP contribution in [0.5, 0.6) is 5.75 Å². The molecule has 0 saturated carbocycles. The first kappa shape index (κ1) is 20.0. The van der Waals surface area contributed by atoms with Gasteiger partial charge in [-0.15, -0.1) is 0 Å². The first-order valence-corrected chi connectivity index (χ1v) is 9.65. The van der Waals surface area contributed by atoms with E-state index >= 15 is 0 Å². The molecule has 0 radical (unpaired) electrons. The molecule has 1 amide bonds. The van der Waals surface area contributed by atoms with Crippen molar-refractivity contribution in [3.8, 4) is 22.7 Å². The van der Waals surface area contributed by atoms with E-state index in [0.29, 0.717) is 34.6 Å². The van der Waals surface area contributed by atoms with E-state index in [0.717, 1.165) is 17.7 Å². The Morgan fingerprint density at radius 3 is 2.68 bits per heavy atom. The zero-order valence-corrected chi connectivity index (χ0v) is 17.0. The summed E-state index contributed by atoms with van der Waals surface area (Å²) in [4.78, 5) is 12.9. The normalized spacial score (nSPS) is 10.9. The molecule has 0 aliphatic rings. The molecular formula is C22H24ClN3O2. The van der Waals surface area contributed by atoms with Crippen molar-refractivity contribution in [2.24, 2.45) is 5.92 Å². The molecule has 1 heterocycles. The lowest BCUT2D eigenvalue weighted by atomic mass is 10.1. The third kappa shape index (κ3) is 4.54. The number of aromatic nitrogens is 2. The summed E-state index contributed by atoms with van der Waals surface area (Å²) in [6.45, 7) is 4.86. The molecule has 28 heavy (non-hydrogen) atoms. The van der Waals surface area contributed by atoms with Gasteiger partial charge in [0, 0.05) is 12.1 Å². The van der Waals surface area contributed by atoms with Crippen LogP contribution in [0.1, 0.15) is 30.8 Å². The van der Waals surface area contributed by atoms with Crippen LogP contribution >= 0.6 is 11.6 Å². The van der Waals surface area contributed by atoms with E-state index in [9.17, 15) is 4.79 Å². The zero-order valence-electron chi connectivity index (χ0n) is 16.3. The molecule has 1 aromatic heterocycles. The Morgan fingerprint density at radius 2 is 1.96 bits per heavy atom. The third-order valence-electron chi connectivity index (χ3n) is 4.40. The van der Waals surface area contributed by atoms with Gasteiger partial charge in [-0.1, -0.05) is 49.7 Å². The maximum atomic E-state index is 12.9. The topological polar surface area (TPSA) is 56.1 Å². The van der Waals surface area contributed by atoms with Crippen LogP contribution in [0.3, 0.4) is 0 Å². The predicted molar refractivity (Wildman–Crippen MR) is 112 cm³/mol. The lowest BCUT2D eigenvalue weighted by Crippen LogP contribution is -2.27. The average Bonchev–Trinajstić information content (AvgIpc) is 3.13. The minimum atomic E-state index is -0.179. The van der Waals surface area contributed by atoms with Crippen molar-refractivity contribution in [1.82, 2.24) is 15.1 Å². The summed E-state index contributed by atoms with van der Waals surface area (Å²) >= 11 is 6.37. The Hall–Kier alpha value is -2.79. The Kier molecular flexibility index (Phi) is 6.37. The predicted octanol–water partition coefficient (Wildman–Crippen LogP) is 4.98. The number of hydrogen-bond donors (Lipinski definition) is 1. The van der Waals surface area contributed by atoms with Gasteiger partial charge < -0.3 is 10.1 Å². The van der Waals surface area contributed by atoms with Crippen LogP contribution in [0.2, 0.25) is 5.02 Å². The number of ether oxygens (including phenoxy) is 1. The number of nitrogens with zero attached hydrogens (tertiary/aromatic N) is 2. The second kappa shape index (κ2) is 8.93. The van der Waals surface area contributed by atoms with Gasteiger partial charge in [-0.2, -0.15) is 5.10 Å². The third-order valence-corrected chi connectivity index (χ3v) is 4.71. The van der Waals surface area contributed by atoms with Gasteiger partial charge in [-0.25, -0.2) is 4.68 Å². The summed E-state index contributed by atoms with van der Waals surface area (Å²) in [7, 11) is 1.62. The summed E-state index contributed by atoms with van der Waals surface area (Å²) in [5.41, 5.74) is 2.64. The maximum Gasteiger partial charge on any atom is 0.270 e. The fourth-order valence-corrected chi connectivity index (χ4v) is 3.05. The Morgan fingerprint density at radius 1 is 1.18 bits per heavy atom. The molecular weight excluding hydrogens is 374 g/mol. The number of para-hydroxylation sites is 1. The largest absolute Gasteiger partial charge is 0.497 e. The second-order valence-electron chi connectivity index (χ2n) is 6.95. The Labute approximate surface area is 170 Å². The highest BCUT2D eigenvalue weighted by Crippen LogP contribution is 2.27. The first-order valence-electron chi connectivity index (χ1n) is 9.27. The fraction of sp³-hybridized carbons (Fsp3) is 0.273. The minimum Gasteiger partial charge on any atom is -0.497 e. The van der Waals surface area contributed by atoms with E-state index in [4.69, 9.17) is 16.3 Å². The van der Waals surface area contributed by atoms with E-state index in [1.807, 2.05) is 42.5 Å². The number of nitrogens with one attached hydrogen (secondary N) is 1. The van der Waals surface area contributed by atoms with Crippen LogP contribution in [-0.2, 0) is 0 Å². The van der Waals surface area contributed by atoms with Gasteiger partial charge >= 0.3 is 0 Å². The fourth-order valence-electron chi connectivity index (χ4n) is 2.84.